The van der Waals surface area contributed by atoms with E-state index < -0.39 is 11.9 Å². The minimum Gasteiger partial charge on any atom is -0.495 e. The Bertz CT molecular complexity index is 590. The topological polar surface area (TPSA) is 66.8 Å². The van der Waals surface area contributed by atoms with Gasteiger partial charge in [-0.2, -0.15) is 0 Å². The molecule has 0 bridgehead atoms. The van der Waals surface area contributed by atoms with Gasteiger partial charge in [0, 0.05) is 19.0 Å². The molecule has 0 aliphatic carbocycles. The number of hydrogen-bond donors (Lipinski definition) is 1. The summed E-state index contributed by atoms with van der Waals surface area (Å²) in [7, 11) is 1.56. The Morgan fingerprint density at radius 3 is 2.74 bits per heavy atom. The molecule has 0 spiro atoms. The van der Waals surface area contributed by atoms with Crippen LogP contribution in [-0.4, -0.2) is 41.6 Å². The summed E-state index contributed by atoms with van der Waals surface area (Å²) in [6, 6.07) is 5.56. The molecule has 0 saturated carbocycles. The monoisotopic (exact) mass is 339 g/mol. The summed E-state index contributed by atoms with van der Waals surface area (Å²) < 4.78 is 5.11. The lowest BCUT2D eigenvalue weighted by molar-refractivity contribution is -0.147. The lowest BCUT2D eigenvalue weighted by atomic mass is 9.93. The van der Waals surface area contributed by atoms with E-state index >= 15 is 0 Å². The maximum Gasteiger partial charge on any atom is 0.308 e. The van der Waals surface area contributed by atoms with Crippen molar-refractivity contribution in [2.24, 2.45) is 5.92 Å². The van der Waals surface area contributed by atoms with Crippen molar-refractivity contribution in [1.29, 1.82) is 0 Å². The van der Waals surface area contributed by atoms with Crippen molar-refractivity contribution in [3.63, 3.8) is 0 Å². The molecular weight excluding hydrogens is 318 g/mol. The predicted molar refractivity (Wildman–Crippen MR) is 87.9 cm³/mol. The Labute approximate surface area is 141 Å². The fraction of sp³-hybridized carbons (Fsp3) is 0.529. The van der Waals surface area contributed by atoms with Crippen molar-refractivity contribution in [3.8, 4) is 5.75 Å². The van der Waals surface area contributed by atoms with Crippen molar-refractivity contribution >= 4 is 23.5 Å². The number of carbonyl (C=O) groups is 2. The van der Waals surface area contributed by atoms with Crippen LogP contribution >= 0.6 is 11.6 Å². The van der Waals surface area contributed by atoms with Gasteiger partial charge in [0.15, 0.2) is 0 Å². The first-order valence-corrected chi connectivity index (χ1v) is 8.15. The molecule has 6 heteroatoms. The second kappa shape index (κ2) is 7.68. The first kappa shape index (κ1) is 17.6. The fourth-order valence-electron chi connectivity index (χ4n) is 2.92. The number of aryl methyl sites for hydroxylation is 1. The predicted octanol–water partition coefficient (Wildman–Crippen LogP) is 2.99. The molecule has 0 aromatic heterocycles. The van der Waals surface area contributed by atoms with E-state index in [1.807, 2.05) is 13.0 Å². The average Bonchev–Trinajstić information content (AvgIpc) is 2.53. The number of carboxylic acid groups (broad SMARTS) is 1. The van der Waals surface area contributed by atoms with Crippen LogP contribution < -0.4 is 4.74 Å². The Balaban J connectivity index is 1.95. The van der Waals surface area contributed by atoms with E-state index in [1.54, 1.807) is 24.1 Å². The normalized spacial score (nSPS) is 21.1. The summed E-state index contributed by atoms with van der Waals surface area (Å²) in [6.45, 7) is 2.28. The molecule has 2 atom stereocenters. The summed E-state index contributed by atoms with van der Waals surface area (Å²) >= 11 is 6.09. The van der Waals surface area contributed by atoms with E-state index in [2.05, 4.69) is 0 Å². The highest BCUT2D eigenvalue weighted by molar-refractivity contribution is 6.32. The molecule has 23 heavy (non-hydrogen) atoms. The number of amides is 1. The third kappa shape index (κ3) is 4.38. The van der Waals surface area contributed by atoms with Gasteiger partial charge in [0.1, 0.15) is 5.75 Å². The Morgan fingerprint density at radius 1 is 1.39 bits per heavy atom. The van der Waals surface area contributed by atoms with Gasteiger partial charge in [-0.15, -0.1) is 0 Å². The van der Waals surface area contributed by atoms with Crippen molar-refractivity contribution < 1.29 is 19.4 Å². The lowest BCUT2D eigenvalue weighted by Crippen LogP contribution is -2.47. The largest absolute Gasteiger partial charge is 0.495 e. The number of halogens is 1. The Kier molecular flexibility index (Phi) is 5.88. The van der Waals surface area contributed by atoms with E-state index in [0.29, 0.717) is 36.6 Å². The van der Waals surface area contributed by atoms with Crippen LogP contribution in [0.25, 0.3) is 0 Å². The van der Waals surface area contributed by atoms with Crippen LogP contribution in [0.15, 0.2) is 18.2 Å². The zero-order valence-electron chi connectivity index (χ0n) is 13.4. The smallest absolute Gasteiger partial charge is 0.308 e. The molecule has 1 fully saturated rings. The quantitative estimate of drug-likeness (QED) is 0.895. The molecular formula is C17H22ClNO4. The molecule has 1 aliphatic heterocycles. The maximum atomic E-state index is 12.4. The summed E-state index contributed by atoms with van der Waals surface area (Å²) in [5.74, 6) is -0.673. The van der Waals surface area contributed by atoms with Crippen LogP contribution in [0.5, 0.6) is 5.75 Å². The molecule has 126 valence electrons. The van der Waals surface area contributed by atoms with Crippen molar-refractivity contribution in [1.82, 2.24) is 4.90 Å². The van der Waals surface area contributed by atoms with E-state index in [0.717, 1.165) is 12.0 Å². The number of ether oxygens (including phenoxy) is 1. The number of piperidine rings is 1. The molecule has 1 aromatic rings. The van der Waals surface area contributed by atoms with Gasteiger partial charge in [-0.25, -0.2) is 0 Å². The number of carboxylic acids is 1. The minimum absolute atomic E-state index is 0.00427. The average molecular weight is 340 g/mol. The standard InChI is InChI=1S/C17H22ClNO4/c1-11-3-6-13(17(21)22)10-19(11)16(20)8-5-12-4-7-15(23-2)14(18)9-12/h4,7,9,11,13H,3,5-6,8,10H2,1-2H3,(H,21,22). The van der Waals surface area contributed by atoms with Crippen LogP contribution in [0, 0.1) is 5.92 Å². The molecule has 2 rings (SSSR count). The number of nitrogens with zero attached hydrogens (tertiary/aromatic N) is 1. The second-order valence-corrected chi connectivity index (χ2v) is 6.38. The maximum absolute atomic E-state index is 12.4. The molecule has 1 heterocycles. The van der Waals surface area contributed by atoms with Crippen molar-refractivity contribution in [2.75, 3.05) is 13.7 Å². The first-order chi connectivity index (χ1) is 10.9. The van der Waals surface area contributed by atoms with Gasteiger partial charge in [0.25, 0.3) is 0 Å². The molecule has 1 N–H and O–H groups in total. The number of likely N-dealkylation sites (tertiary alicyclic amines) is 1. The first-order valence-electron chi connectivity index (χ1n) is 7.77. The number of benzene rings is 1. The van der Waals surface area contributed by atoms with Gasteiger partial charge >= 0.3 is 5.97 Å². The molecule has 5 nitrogen and oxygen atoms in total. The Morgan fingerprint density at radius 2 is 2.13 bits per heavy atom. The molecule has 1 aliphatic rings. The number of hydrogen-bond acceptors (Lipinski definition) is 3. The van der Waals surface area contributed by atoms with E-state index in [1.165, 1.54) is 0 Å². The third-order valence-electron chi connectivity index (χ3n) is 4.40. The number of rotatable bonds is 5. The van der Waals surface area contributed by atoms with Gasteiger partial charge in [0.2, 0.25) is 5.91 Å². The van der Waals surface area contributed by atoms with Gasteiger partial charge in [0.05, 0.1) is 18.1 Å². The molecule has 0 radical (unpaired) electrons. The van der Waals surface area contributed by atoms with Crippen LogP contribution in [-0.2, 0) is 16.0 Å². The number of aliphatic carboxylic acids is 1. The number of carbonyl (C=O) groups excluding carboxylic acids is 1. The summed E-state index contributed by atoms with van der Waals surface area (Å²) in [5.41, 5.74) is 0.962. The highest BCUT2D eigenvalue weighted by atomic mass is 35.5. The van der Waals surface area contributed by atoms with Crippen LogP contribution in [0.4, 0.5) is 0 Å². The lowest BCUT2D eigenvalue weighted by Gasteiger charge is -2.36. The highest BCUT2D eigenvalue weighted by Gasteiger charge is 2.32. The summed E-state index contributed by atoms with van der Waals surface area (Å²) in [6.07, 6.45) is 2.29. The van der Waals surface area contributed by atoms with Gasteiger partial charge in [-0.05, 0) is 43.9 Å². The minimum atomic E-state index is -0.823. The summed E-state index contributed by atoms with van der Waals surface area (Å²) in [4.78, 5) is 25.3. The number of methoxy groups -OCH3 is 1. The molecule has 2 unspecified atom stereocenters. The van der Waals surface area contributed by atoms with Gasteiger partial charge < -0.3 is 14.7 Å². The van der Waals surface area contributed by atoms with Crippen LogP contribution in [0.1, 0.15) is 31.7 Å². The second-order valence-electron chi connectivity index (χ2n) is 5.98. The van der Waals surface area contributed by atoms with Gasteiger partial charge in [-0.1, -0.05) is 17.7 Å². The Hall–Kier alpha value is -1.75. The molecule has 1 aromatic carbocycles. The van der Waals surface area contributed by atoms with Crippen LogP contribution in [0.3, 0.4) is 0 Å². The van der Waals surface area contributed by atoms with Crippen molar-refractivity contribution in [2.45, 2.75) is 38.6 Å². The van der Waals surface area contributed by atoms with Gasteiger partial charge in [-0.3, -0.25) is 9.59 Å². The molecule has 1 amide bonds. The third-order valence-corrected chi connectivity index (χ3v) is 4.69. The van der Waals surface area contributed by atoms with Crippen LogP contribution in [0.2, 0.25) is 5.02 Å². The van der Waals surface area contributed by atoms with Crippen molar-refractivity contribution in [3.05, 3.63) is 28.8 Å². The van der Waals surface area contributed by atoms with E-state index in [9.17, 15) is 9.59 Å². The zero-order chi connectivity index (χ0) is 17.0. The molecule has 1 saturated heterocycles. The zero-order valence-corrected chi connectivity index (χ0v) is 14.2. The van der Waals surface area contributed by atoms with E-state index in [4.69, 9.17) is 21.4 Å². The SMILES string of the molecule is COc1ccc(CCC(=O)N2CC(C(=O)O)CCC2C)cc1Cl. The van der Waals surface area contributed by atoms with E-state index in [-0.39, 0.29) is 11.9 Å². The fourth-order valence-corrected chi connectivity index (χ4v) is 3.20. The summed E-state index contributed by atoms with van der Waals surface area (Å²) in [5, 5.41) is 9.67. The highest BCUT2D eigenvalue weighted by Crippen LogP contribution is 2.26.